The zero-order valence-electron chi connectivity index (χ0n) is 11.2. The molecule has 1 aliphatic carbocycles. The van der Waals surface area contributed by atoms with Gasteiger partial charge >= 0.3 is 0 Å². The first-order chi connectivity index (χ1) is 8.68. The Bertz CT molecular complexity index is 438. The highest BCUT2D eigenvalue weighted by Crippen LogP contribution is 2.41. The van der Waals surface area contributed by atoms with Crippen LogP contribution in [0.3, 0.4) is 0 Å². The second kappa shape index (κ2) is 4.42. The van der Waals surface area contributed by atoms with Gasteiger partial charge < -0.3 is 4.90 Å². The summed E-state index contributed by atoms with van der Waals surface area (Å²) in [6.45, 7) is 4.40. The molecule has 0 N–H and O–H groups in total. The molecule has 1 heterocycles. The van der Waals surface area contributed by atoms with Crippen molar-refractivity contribution in [2.45, 2.75) is 51.1 Å². The number of benzene rings is 1. The van der Waals surface area contributed by atoms with Crippen LogP contribution in [0.2, 0.25) is 0 Å². The number of amides is 1. The molecule has 0 spiro atoms. The van der Waals surface area contributed by atoms with Crippen molar-refractivity contribution in [1.82, 2.24) is 4.90 Å². The standard InChI is InChI=1S/C16H21NO/c1-11-10-15(13-6-4-3-5-7-13)12(2)17(11)16(18)14-8-9-14/h3-7,11-12,14-15H,8-10H2,1-2H3. The molecule has 0 radical (unpaired) electrons. The van der Waals surface area contributed by atoms with Gasteiger partial charge in [0.15, 0.2) is 0 Å². The SMILES string of the molecule is CC1CC(c2ccccc2)C(C)N1C(=O)C1CC1. The summed E-state index contributed by atoms with van der Waals surface area (Å²) in [6, 6.07) is 11.4. The molecular weight excluding hydrogens is 222 g/mol. The van der Waals surface area contributed by atoms with Crippen molar-refractivity contribution in [3.05, 3.63) is 35.9 Å². The van der Waals surface area contributed by atoms with E-state index in [1.165, 1.54) is 5.56 Å². The molecule has 1 saturated heterocycles. The minimum atomic E-state index is 0.337. The van der Waals surface area contributed by atoms with Crippen molar-refractivity contribution in [2.24, 2.45) is 5.92 Å². The quantitative estimate of drug-likeness (QED) is 0.781. The molecule has 3 atom stereocenters. The highest BCUT2D eigenvalue weighted by Gasteiger charge is 2.44. The van der Waals surface area contributed by atoms with Gasteiger partial charge in [0.1, 0.15) is 0 Å². The summed E-state index contributed by atoms with van der Waals surface area (Å²) in [6.07, 6.45) is 3.30. The minimum absolute atomic E-state index is 0.337. The van der Waals surface area contributed by atoms with Gasteiger partial charge in [-0.2, -0.15) is 0 Å². The molecule has 0 bridgehead atoms. The van der Waals surface area contributed by atoms with Gasteiger partial charge in [-0.25, -0.2) is 0 Å². The van der Waals surface area contributed by atoms with Crippen LogP contribution in [-0.4, -0.2) is 22.9 Å². The largest absolute Gasteiger partial charge is 0.336 e. The lowest BCUT2D eigenvalue weighted by Gasteiger charge is -2.28. The van der Waals surface area contributed by atoms with Crippen molar-refractivity contribution in [1.29, 1.82) is 0 Å². The predicted octanol–water partition coefficient (Wildman–Crippen LogP) is 3.19. The van der Waals surface area contributed by atoms with Crippen LogP contribution in [0.1, 0.15) is 44.6 Å². The van der Waals surface area contributed by atoms with Gasteiger partial charge in [-0.1, -0.05) is 30.3 Å². The summed E-state index contributed by atoms with van der Waals surface area (Å²) in [7, 11) is 0. The zero-order chi connectivity index (χ0) is 12.7. The molecule has 18 heavy (non-hydrogen) atoms. The minimum Gasteiger partial charge on any atom is -0.336 e. The molecule has 1 saturated carbocycles. The summed E-state index contributed by atoms with van der Waals surface area (Å²) < 4.78 is 0. The summed E-state index contributed by atoms with van der Waals surface area (Å²) in [4.78, 5) is 14.5. The maximum Gasteiger partial charge on any atom is 0.226 e. The fourth-order valence-electron chi connectivity index (χ4n) is 3.35. The molecule has 0 aromatic heterocycles. The Labute approximate surface area is 109 Å². The molecule has 3 rings (SSSR count). The van der Waals surface area contributed by atoms with Gasteiger partial charge in [-0.3, -0.25) is 4.79 Å². The summed E-state index contributed by atoms with van der Waals surface area (Å²) >= 11 is 0. The highest BCUT2D eigenvalue weighted by atomic mass is 16.2. The Morgan fingerprint density at radius 3 is 2.44 bits per heavy atom. The number of rotatable bonds is 2. The maximum absolute atomic E-state index is 12.3. The van der Waals surface area contributed by atoms with Gasteiger partial charge in [0.2, 0.25) is 5.91 Å². The van der Waals surface area contributed by atoms with E-state index in [4.69, 9.17) is 0 Å². The second-order valence-electron chi connectivity index (χ2n) is 5.86. The number of hydrogen-bond donors (Lipinski definition) is 0. The average molecular weight is 243 g/mol. The zero-order valence-corrected chi connectivity index (χ0v) is 11.2. The lowest BCUT2D eigenvalue weighted by atomic mass is 9.92. The maximum atomic E-state index is 12.3. The Balaban J connectivity index is 1.81. The van der Waals surface area contributed by atoms with Crippen LogP contribution in [-0.2, 0) is 4.79 Å². The molecule has 1 aliphatic heterocycles. The van der Waals surface area contributed by atoms with E-state index < -0.39 is 0 Å². The Morgan fingerprint density at radius 2 is 1.83 bits per heavy atom. The first kappa shape index (κ1) is 11.8. The number of carbonyl (C=O) groups is 1. The topological polar surface area (TPSA) is 20.3 Å². The van der Waals surface area contributed by atoms with Crippen molar-refractivity contribution in [3.8, 4) is 0 Å². The Kier molecular flexibility index (Phi) is 2.89. The normalized spacial score (nSPS) is 31.7. The van der Waals surface area contributed by atoms with Gasteiger partial charge in [-0.05, 0) is 38.7 Å². The van der Waals surface area contributed by atoms with Gasteiger partial charge in [-0.15, -0.1) is 0 Å². The van der Waals surface area contributed by atoms with E-state index in [0.29, 0.717) is 29.8 Å². The van der Waals surface area contributed by atoms with E-state index in [0.717, 1.165) is 19.3 Å². The second-order valence-corrected chi connectivity index (χ2v) is 5.86. The van der Waals surface area contributed by atoms with E-state index in [1.54, 1.807) is 0 Å². The van der Waals surface area contributed by atoms with E-state index in [2.05, 4.69) is 49.1 Å². The van der Waals surface area contributed by atoms with Crippen LogP contribution in [0, 0.1) is 5.92 Å². The Morgan fingerprint density at radius 1 is 1.17 bits per heavy atom. The molecule has 1 aromatic rings. The van der Waals surface area contributed by atoms with Crippen LogP contribution in [0.25, 0.3) is 0 Å². The van der Waals surface area contributed by atoms with E-state index in [9.17, 15) is 4.79 Å². The summed E-state index contributed by atoms with van der Waals surface area (Å²) in [5.74, 6) is 1.24. The number of hydrogen-bond acceptors (Lipinski definition) is 1. The summed E-state index contributed by atoms with van der Waals surface area (Å²) in [5.41, 5.74) is 1.38. The molecule has 2 fully saturated rings. The van der Waals surface area contributed by atoms with E-state index in [-0.39, 0.29) is 0 Å². The van der Waals surface area contributed by atoms with E-state index in [1.807, 2.05) is 0 Å². The van der Waals surface area contributed by atoms with Crippen molar-refractivity contribution in [3.63, 3.8) is 0 Å². The molecule has 3 unspecified atom stereocenters. The van der Waals surface area contributed by atoms with Crippen LogP contribution in [0.5, 0.6) is 0 Å². The van der Waals surface area contributed by atoms with Crippen LogP contribution < -0.4 is 0 Å². The molecule has 2 aliphatic rings. The predicted molar refractivity (Wildman–Crippen MR) is 72.3 cm³/mol. The van der Waals surface area contributed by atoms with Crippen LogP contribution >= 0.6 is 0 Å². The summed E-state index contributed by atoms with van der Waals surface area (Å²) in [5, 5.41) is 0. The number of nitrogens with zero attached hydrogens (tertiary/aromatic N) is 1. The molecule has 1 amide bonds. The van der Waals surface area contributed by atoms with Gasteiger partial charge in [0.05, 0.1) is 0 Å². The third kappa shape index (κ3) is 1.94. The van der Waals surface area contributed by atoms with Crippen molar-refractivity contribution in [2.75, 3.05) is 0 Å². The third-order valence-electron chi connectivity index (χ3n) is 4.50. The van der Waals surface area contributed by atoms with E-state index >= 15 is 0 Å². The third-order valence-corrected chi connectivity index (χ3v) is 4.50. The fraction of sp³-hybridized carbons (Fsp3) is 0.562. The number of carbonyl (C=O) groups excluding carboxylic acids is 1. The van der Waals surface area contributed by atoms with Gasteiger partial charge in [0, 0.05) is 23.9 Å². The van der Waals surface area contributed by atoms with Crippen molar-refractivity contribution >= 4 is 5.91 Å². The first-order valence-corrected chi connectivity index (χ1v) is 7.05. The molecule has 2 nitrogen and oxygen atoms in total. The molecule has 1 aromatic carbocycles. The fourth-order valence-corrected chi connectivity index (χ4v) is 3.35. The van der Waals surface area contributed by atoms with Gasteiger partial charge in [0.25, 0.3) is 0 Å². The van der Waals surface area contributed by atoms with Crippen LogP contribution in [0.15, 0.2) is 30.3 Å². The highest BCUT2D eigenvalue weighted by molar-refractivity contribution is 5.82. The molecule has 96 valence electrons. The molecular formula is C16H21NO. The lowest BCUT2D eigenvalue weighted by molar-refractivity contribution is -0.134. The monoisotopic (exact) mass is 243 g/mol. The average Bonchev–Trinajstić information content (AvgIpc) is 3.17. The smallest absolute Gasteiger partial charge is 0.226 e. The number of likely N-dealkylation sites (tertiary alicyclic amines) is 1. The first-order valence-electron chi connectivity index (χ1n) is 7.05. The molecule has 2 heteroatoms. The van der Waals surface area contributed by atoms with Crippen LogP contribution in [0.4, 0.5) is 0 Å². The van der Waals surface area contributed by atoms with Crippen molar-refractivity contribution < 1.29 is 4.79 Å². The Hall–Kier alpha value is -1.31. The lowest BCUT2D eigenvalue weighted by Crippen LogP contribution is -2.40.